The zero-order valence-corrected chi connectivity index (χ0v) is 17.9. The number of phenols is 1. The van der Waals surface area contributed by atoms with E-state index < -0.39 is 16.9 Å². The van der Waals surface area contributed by atoms with E-state index >= 15 is 0 Å². The van der Waals surface area contributed by atoms with Crippen molar-refractivity contribution in [2.24, 2.45) is 22.4 Å². The van der Waals surface area contributed by atoms with Crippen LogP contribution in [-0.2, 0) is 16.6 Å². The van der Waals surface area contributed by atoms with Crippen molar-refractivity contribution >= 4 is 11.9 Å². The quantitative estimate of drug-likeness (QED) is 0.340. The first-order valence-electron chi connectivity index (χ1n) is 11.4. The third-order valence-corrected chi connectivity index (χ3v) is 8.08. The number of guanidine groups is 1. The topological polar surface area (TPSA) is 137 Å². The van der Waals surface area contributed by atoms with Crippen LogP contribution in [-0.4, -0.2) is 64.3 Å². The summed E-state index contributed by atoms with van der Waals surface area (Å²) in [7, 11) is 0. The van der Waals surface area contributed by atoms with Crippen LogP contribution in [0.2, 0.25) is 0 Å². The highest BCUT2D eigenvalue weighted by Crippen LogP contribution is 2.58. The number of fused-ring (bicyclic) bond motifs is 1. The largest absolute Gasteiger partial charge is 0.508 e. The van der Waals surface area contributed by atoms with Crippen molar-refractivity contribution in [1.82, 2.24) is 10.2 Å². The Morgan fingerprint density at radius 2 is 2.06 bits per heavy atom. The van der Waals surface area contributed by atoms with Crippen molar-refractivity contribution in [3.63, 3.8) is 0 Å². The molecule has 168 valence electrons. The van der Waals surface area contributed by atoms with Crippen LogP contribution < -0.4 is 16.8 Å². The Kier molecular flexibility index (Phi) is 4.90. The number of benzene rings is 1. The van der Waals surface area contributed by atoms with Gasteiger partial charge in [-0.15, -0.1) is 0 Å². The summed E-state index contributed by atoms with van der Waals surface area (Å²) >= 11 is 0. The second-order valence-electron chi connectivity index (χ2n) is 10.0. The van der Waals surface area contributed by atoms with Gasteiger partial charge in [0.05, 0.1) is 5.60 Å². The van der Waals surface area contributed by atoms with Gasteiger partial charge in [-0.3, -0.25) is 9.69 Å². The first-order chi connectivity index (χ1) is 14.8. The predicted octanol–water partition coefficient (Wildman–Crippen LogP) is 0.344. The van der Waals surface area contributed by atoms with Crippen molar-refractivity contribution < 1.29 is 15.0 Å². The number of aliphatic hydroxyl groups is 1. The van der Waals surface area contributed by atoms with Gasteiger partial charge in [-0.1, -0.05) is 6.07 Å². The van der Waals surface area contributed by atoms with E-state index in [0.29, 0.717) is 12.8 Å². The summed E-state index contributed by atoms with van der Waals surface area (Å²) < 4.78 is 0. The number of aliphatic imine (C=N–C) groups is 1. The number of carbonyl (C=O) groups excluding carboxylic acids is 1. The van der Waals surface area contributed by atoms with Crippen LogP contribution in [0.3, 0.4) is 0 Å². The summed E-state index contributed by atoms with van der Waals surface area (Å²) in [5, 5.41) is 25.8. The van der Waals surface area contributed by atoms with Gasteiger partial charge in [0.1, 0.15) is 12.3 Å². The van der Waals surface area contributed by atoms with Crippen LogP contribution in [0, 0.1) is 5.92 Å². The van der Waals surface area contributed by atoms with Gasteiger partial charge in [-0.2, -0.15) is 0 Å². The summed E-state index contributed by atoms with van der Waals surface area (Å²) in [6, 6.07) is 5.77. The summed E-state index contributed by atoms with van der Waals surface area (Å²) in [6.07, 6.45) is 6.41. The SMILES string of the molecule is NC(=O)CN=C(N)N[C@@H]1CC[C@@]2(O)[C@H]3Cc4ccc(O)cc4[C@@]2(CCN3CC2CC2)C1. The molecule has 8 heteroatoms. The van der Waals surface area contributed by atoms with Gasteiger partial charge in [0.15, 0.2) is 5.96 Å². The molecule has 1 aromatic rings. The highest BCUT2D eigenvalue weighted by molar-refractivity contribution is 5.83. The molecule has 5 rings (SSSR count). The van der Waals surface area contributed by atoms with Crippen LogP contribution in [0.4, 0.5) is 0 Å². The number of hydrogen-bond acceptors (Lipinski definition) is 5. The molecule has 4 aliphatic rings. The average molecular weight is 428 g/mol. The van der Waals surface area contributed by atoms with Gasteiger partial charge in [-0.25, -0.2) is 4.99 Å². The minimum atomic E-state index is -0.835. The van der Waals surface area contributed by atoms with Crippen molar-refractivity contribution in [2.75, 3.05) is 19.6 Å². The third-order valence-electron chi connectivity index (χ3n) is 8.08. The van der Waals surface area contributed by atoms with E-state index in [4.69, 9.17) is 11.5 Å². The van der Waals surface area contributed by atoms with E-state index in [1.165, 1.54) is 18.4 Å². The second kappa shape index (κ2) is 7.38. The molecule has 8 nitrogen and oxygen atoms in total. The standard InChI is InChI=1S/C23H33N5O3/c24-20(30)12-26-21(25)27-16-5-6-23(31)19-9-15-3-4-17(29)10-18(15)22(23,11-16)7-8-28(19)13-14-1-2-14/h3-4,10,14,16,19,29,31H,1-2,5-9,11-13H2,(H2,24,30)(H3,25,26,27)/t16-,19-,22-,23-/m1/s1. The minimum absolute atomic E-state index is 0.0285. The lowest BCUT2D eigenvalue weighted by Gasteiger charge is -2.65. The molecule has 1 amide bonds. The number of nitrogens with zero attached hydrogens (tertiary/aromatic N) is 2. The van der Waals surface area contributed by atoms with Gasteiger partial charge < -0.3 is 27.0 Å². The van der Waals surface area contributed by atoms with Crippen molar-refractivity contribution in [3.8, 4) is 5.75 Å². The normalized spacial score (nSPS) is 35.2. The van der Waals surface area contributed by atoms with E-state index in [1.807, 2.05) is 12.1 Å². The summed E-state index contributed by atoms with van der Waals surface area (Å²) in [4.78, 5) is 17.6. The minimum Gasteiger partial charge on any atom is -0.508 e. The maximum atomic E-state index is 12.3. The van der Waals surface area contributed by atoms with E-state index in [0.717, 1.165) is 43.8 Å². The molecule has 7 N–H and O–H groups in total. The van der Waals surface area contributed by atoms with Gasteiger partial charge in [0, 0.05) is 24.0 Å². The summed E-state index contributed by atoms with van der Waals surface area (Å²) in [5.41, 5.74) is 12.2. The maximum Gasteiger partial charge on any atom is 0.239 e. The van der Waals surface area contributed by atoms with Crippen molar-refractivity contribution in [1.29, 1.82) is 0 Å². The van der Waals surface area contributed by atoms with Crippen molar-refractivity contribution in [3.05, 3.63) is 29.3 Å². The smallest absolute Gasteiger partial charge is 0.239 e. The number of primary amides is 1. The molecule has 0 spiro atoms. The van der Waals surface area contributed by atoms with Crippen molar-refractivity contribution in [2.45, 2.75) is 68.0 Å². The lowest BCUT2D eigenvalue weighted by molar-refractivity contribution is -0.170. The van der Waals surface area contributed by atoms with E-state index in [1.54, 1.807) is 6.07 Å². The molecule has 2 saturated carbocycles. The lowest BCUT2D eigenvalue weighted by Crippen LogP contribution is -2.74. The molecule has 1 saturated heterocycles. The first kappa shape index (κ1) is 20.6. The number of hydrogen-bond donors (Lipinski definition) is 5. The molecular formula is C23H33N5O3. The molecule has 1 aromatic carbocycles. The Morgan fingerprint density at radius 1 is 1.26 bits per heavy atom. The van der Waals surface area contributed by atoms with E-state index in [9.17, 15) is 15.0 Å². The summed E-state index contributed by atoms with van der Waals surface area (Å²) in [5.74, 6) is 0.702. The molecular weight excluding hydrogens is 394 g/mol. The molecule has 3 fully saturated rings. The highest BCUT2D eigenvalue weighted by atomic mass is 16.3. The Labute approximate surface area is 182 Å². The fourth-order valence-corrected chi connectivity index (χ4v) is 6.49. The lowest BCUT2D eigenvalue weighted by atomic mass is 9.49. The fourth-order valence-electron chi connectivity index (χ4n) is 6.49. The van der Waals surface area contributed by atoms with Gasteiger partial charge in [0.2, 0.25) is 5.91 Å². The predicted molar refractivity (Wildman–Crippen MR) is 118 cm³/mol. The number of carbonyl (C=O) groups is 1. The first-order valence-corrected chi connectivity index (χ1v) is 11.4. The number of aromatic hydroxyl groups is 1. The Hall–Kier alpha value is -2.32. The van der Waals surface area contributed by atoms with Crippen LogP contribution in [0.15, 0.2) is 23.2 Å². The highest BCUT2D eigenvalue weighted by Gasteiger charge is 2.64. The molecule has 1 heterocycles. The Bertz CT molecular complexity index is 916. The fraction of sp³-hybridized carbons (Fsp3) is 0.652. The molecule has 31 heavy (non-hydrogen) atoms. The monoisotopic (exact) mass is 427 g/mol. The van der Waals surface area contributed by atoms with E-state index in [-0.39, 0.29) is 30.3 Å². The van der Waals surface area contributed by atoms with Crippen LogP contribution in [0.5, 0.6) is 5.75 Å². The van der Waals surface area contributed by atoms with Crippen LogP contribution >= 0.6 is 0 Å². The Morgan fingerprint density at radius 3 is 2.81 bits per heavy atom. The molecule has 3 aliphatic carbocycles. The number of nitrogens with two attached hydrogens (primary N) is 2. The van der Waals surface area contributed by atoms with E-state index in [2.05, 4.69) is 15.2 Å². The number of likely N-dealkylation sites (tertiary alicyclic amines) is 1. The number of piperidine rings is 1. The number of rotatable bonds is 5. The number of nitrogens with one attached hydrogen (secondary N) is 1. The maximum absolute atomic E-state index is 12.3. The molecule has 0 radical (unpaired) electrons. The van der Waals surface area contributed by atoms with Gasteiger partial charge >= 0.3 is 0 Å². The second-order valence-corrected chi connectivity index (χ2v) is 10.0. The Balaban J connectivity index is 1.48. The van der Waals surface area contributed by atoms with Crippen LogP contribution in [0.25, 0.3) is 0 Å². The molecule has 0 unspecified atom stereocenters. The van der Waals surface area contributed by atoms with Gasteiger partial charge in [-0.05, 0) is 80.7 Å². The zero-order chi connectivity index (χ0) is 21.8. The average Bonchev–Trinajstić information content (AvgIpc) is 3.53. The van der Waals surface area contributed by atoms with Gasteiger partial charge in [0.25, 0.3) is 0 Å². The number of phenolic OH excluding ortho intramolecular Hbond substituents is 1. The molecule has 2 bridgehead atoms. The number of amides is 1. The summed E-state index contributed by atoms with van der Waals surface area (Å²) in [6.45, 7) is 1.89. The zero-order valence-electron chi connectivity index (χ0n) is 17.9. The molecule has 4 atom stereocenters. The molecule has 1 aliphatic heterocycles. The third kappa shape index (κ3) is 3.46. The van der Waals surface area contributed by atoms with Crippen LogP contribution in [0.1, 0.15) is 49.7 Å². The molecule has 0 aromatic heterocycles.